The molecule has 2 aromatic carbocycles. The van der Waals surface area contributed by atoms with E-state index in [0.717, 1.165) is 6.26 Å². The number of carbonyl (C=O) groups excluding carboxylic acids is 1. The molecule has 0 saturated carbocycles. The first-order chi connectivity index (χ1) is 12.5. The molecule has 0 aliphatic heterocycles. The van der Waals surface area contributed by atoms with Gasteiger partial charge >= 0.3 is 5.97 Å². The van der Waals surface area contributed by atoms with Crippen LogP contribution < -0.4 is 4.72 Å². The summed E-state index contributed by atoms with van der Waals surface area (Å²) in [7, 11) is -6.00. The second-order valence-corrected chi connectivity index (χ2v) is 9.88. The molecule has 7 nitrogen and oxygen atoms in total. The van der Waals surface area contributed by atoms with Gasteiger partial charge < -0.3 is 4.74 Å². The molecule has 0 radical (unpaired) electrons. The van der Waals surface area contributed by atoms with Gasteiger partial charge in [0.05, 0.1) is 22.5 Å². The number of nitrogens with one attached hydrogen (secondary N) is 1. The molecule has 0 amide bonds. The van der Waals surface area contributed by atoms with Gasteiger partial charge in [0.1, 0.15) is 0 Å². The Labute approximate surface area is 159 Å². The lowest BCUT2D eigenvalue weighted by atomic mass is 10.1. The Morgan fingerprint density at radius 1 is 1.00 bits per heavy atom. The van der Waals surface area contributed by atoms with Crippen LogP contribution in [-0.4, -0.2) is 36.2 Å². The van der Waals surface area contributed by atoms with E-state index in [-0.39, 0.29) is 15.4 Å². The van der Waals surface area contributed by atoms with Crippen molar-refractivity contribution in [3.05, 3.63) is 59.2 Å². The Morgan fingerprint density at radius 2 is 1.56 bits per heavy atom. The van der Waals surface area contributed by atoms with Gasteiger partial charge in [-0.2, -0.15) is 0 Å². The number of esters is 1. The number of benzene rings is 2. The number of hydrogen-bond acceptors (Lipinski definition) is 6. The highest BCUT2D eigenvalue weighted by molar-refractivity contribution is 7.90. The predicted molar refractivity (Wildman–Crippen MR) is 101 cm³/mol. The van der Waals surface area contributed by atoms with Crippen molar-refractivity contribution >= 4 is 25.8 Å². The van der Waals surface area contributed by atoms with Crippen LogP contribution >= 0.6 is 0 Å². The third kappa shape index (κ3) is 4.94. The molecule has 9 heteroatoms. The second-order valence-electron chi connectivity index (χ2n) is 6.15. The van der Waals surface area contributed by atoms with Crippen LogP contribution in [0, 0.1) is 6.92 Å². The molecule has 0 heterocycles. The highest BCUT2D eigenvalue weighted by atomic mass is 32.2. The van der Waals surface area contributed by atoms with Crippen molar-refractivity contribution in [2.75, 3.05) is 13.4 Å². The minimum atomic E-state index is -3.90. The molecule has 0 bridgehead atoms. The minimum Gasteiger partial charge on any atom is -0.465 e. The fraction of sp³-hybridized carbons (Fsp3) is 0.278. The van der Waals surface area contributed by atoms with Crippen LogP contribution in [0.4, 0.5) is 0 Å². The maximum atomic E-state index is 12.7. The molecule has 1 atom stereocenters. The lowest BCUT2D eigenvalue weighted by Gasteiger charge is -2.16. The molecule has 0 aromatic heterocycles. The van der Waals surface area contributed by atoms with Crippen molar-refractivity contribution in [1.29, 1.82) is 0 Å². The van der Waals surface area contributed by atoms with Crippen molar-refractivity contribution < 1.29 is 26.4 Å². The maximum absolute atomic E-state index is 12.7. The van der Waals surface area contributed by atoms with Crippen LogP contribution in [0.15, 0.2) is 52.3 Å². The summed E-state index contributed by atoms with van der Waals surface area (Å²) in [6.07, 6.45) is 1.10. The van der Waals surface area contributed by atoms with Crippen molar-refractivity contribution in [2.24, 2.45) is 0 Å². The van der Waals surface area contributed by atoms with Crippen LogP contribution in [-0.2, 0) is 24.6 Å². The summed E-state index contributed by atoms with van der Waals surface area (Å²) in [5, 5.41) is 0. The van der Waals surface area contributed by atoms with E-state index in [1.807, 2.05) is 0 Å². The SMILES string of the molecule is COC(=O)c1cc(S(=O)(=O)NC(C)c2ccc(S(C)(=O)=O)cc2)ccc1C. The predicted octanol–water partition coefficient (Wildman–Crippen LogP) is 2.22. The summed E-state index contributed by atoms with van der Waals surface area (Å²) in [5.74, 6) is -0.617. The van der Waals surface area contributed by atoms with Gasteiger partial charge in [-0.3, -0.25) is 0 Å². The van der Waals surface area contributed by atoms with Gasteiger partial charge in [-0.25, -0.2) is 26.4 Å². The molecule has 0 fully saturated rings. The maximum Gasteiger partial charge on any atom is 0.338 e. The first-order valence-electron chi connectivity index (χ1n) is 7.97. The highest BCUT2D eigenvalue weighted by Gasteiger charge is 2.21. The number of rotatable bonds is 6. The van der Waals surface area contributed by atoms with Gasteiger partial charge in [0.15, 0.2) is 9.84 Å². The largest absolute Gasteiger partial charge is 0.465 e. The van der Waals surface area contributed by atoms with E-state index in [9.17, 15) is 21.6 Å². The monoisotopic (exact) mass is 411 g/mol. The molecule has 146 valence electrons. The van der Waals surface area contributed by atoms with E-state index in [2.05, 4.69) is 9.46 Å². The molecular weight excluding hydrogens is 390 g/mol. The topological polar surface area (TPSA) is 107 Å². The molecule has 2 aromatic rings. The second kappa shape index (κ2) is 7.79. The van der Waals surface area contributed by atoms with Crippen LogP contribution in [0.3, 0.4) is 0 Å². The van der Waals surface area contributed by atoms with Gasteiger partial charge in [0, 0.05) is 12.3 Å². The fourth-order valence-corrected chi connectivity index (χ4v) is 4.36. The molecule has 0 spiro atoms. The molecule has 1 N–H and O–H groups in total. The average molecular weight is 412 g/mol. The first kappa shape index (κ1) is 21.1. The molecular formula is C18H21NO6S2. The molecule has 0 aliphatic carbocycles. The molecule has 27 heavy (non-hydrogen) atoms. The van der Waals surface area contributed by atoms with E-state index in [0.29, 0.717) is 11.1 Å². The van der Waals surface area contributed by atoms with Crippen molar-refractivity contribution in [3.8, 4) is 0 Å². The van der Waals surface area contributed by atoms with Gasteiger partial charge in [-0.05, 0) is 49.2 Å². The van der Waals surface area contributed by atoms with Gasteiger partial charge in [0.25, 0.3) is 0 Å². The van der Waals surface area contributed by atoms with Crippen molar-refractivity contribution in [3.63, 3.8) is 0 Å². The number of ether oxygens (including phenoxy) is 1. The zero-order chi connectivity index (χ0) is 20.4. The molecule has 0 aliphatic rings. The lowest BCUT2D eigenvalue weighted by Crippen LogP contribution is -2.27. The minimum absolute atomic E-state index is 0.0619. The molecule has 2 rings (SSSR count). The third-order valence-corrected chi connectivity index (χ3v) is 6.73. The Hall–Kier alpha value is -2.23. The number of methoxy groups -OCH3 is 1. The number of hydrogen-bond donors (Lipinski definition) is 1. The van der Waals surface area contributed by atoms with Crippen LogP contribution in [0.25, 0.3) is 0 Å². The van der Waals surface area contributed by atoms with Crippen LogP contribution in [0.5, 0.6) is 0 Å². The van der Waals surface area contributed by atoms with Crippen molar-refractivity contribution in [1.82, 2.24) is 4.72 Å². The zero-order valence-electron chi connectivity index (χ0n) is 15.4. The summed E-state index contributed by atoms with van der Waals surface area (Å²) in [6, 6.07) is 9.57. The Kier molecular flexibility index (Phi) is 6.08. The fourth-order valence-electron chi connectivity index (χ4n) is 2.47. The van der Waals surface area contributed by atoms with Gasteiger partial charge in [-0.1, -0.05) is 18.2 Å². The van der Waals surface area contributed by atoms with Gasteiger partial charge in [-0.15, -0.1) is 0 Å². The summed E-state index contributed by atoms with van der Waals surface area (Å²) >= 11 is 0. The quantitative estimate of drug-likeness (QED) is 0.731. The van der Waals surface area contributed by atoms with Gasteiger partial charge in [0.2, 0.25) is 10.0 Å². The normalized spacial score (nSPS) is 13.2. The van der Waals surface area contributed by atoms with E-state index >= 15 is 0 Å². The summed E-state index contributed by atoms with van der Waals surface area (Å²) in [5.41, 5.74) is 1.38. The van der Waals surface area contributed by atoms with E-state index in [1.165, 1.54) is 37.4 Å². The third-order valence-electron chi connectivity index (χ3n) is 4.06. The summed E-state index contributed by atoms with van der Waals surface area (Å²) in [4.78, 5) is 11.9. The smallest absolute Gasteiger partial charge is 0.338 e. The van der Waals surface area contributed by atoms with Crippen molar-refractivity contribution in [2.45, 2.75) is 29.7 Å². The number of aryl methyl sites for hydroxylation is 1. The zero-order valence-corrected chi connectivity index (χ0v) is 17.0. The van der Waals surface area contributed by atoms with E-state index < -0.39 is 31.9 Å². The number of carbonyl (C=O) groups is 1. The summed E-state index contributed by atoms with van der Waals surface area (Å²) in [6.45, 7) is 3.32. The van der Waals surface area contributed by atoms with Crippen LogP contribution in [0.2, 0.25) is 0 Å². The first-order valence-corrected chi connectivity index (χ1v) is 11.3. The summed E-state index contributed by atoms with van der Waals surface area (Å²) < 4.78 is 55.5. The highest BCUT2D eigenvalue weighted by Crippen LogP contribution is 2.21. The van der Waals surface area contributed by atoms with E-state index in [4.69, 9.17) is 0 Å². The van der Waals surface area contributed by atoms with Crippen LogP contribution in [0.1, 0.15) is 34.5 Å². The Balaban J connectivity index is 2.29. The number of sulfone groups is 1. The Morgan fingerprint density at radius 3 is 2.07 bits per heavy atom. The standard InChI is InChI=1S/C18H21NO6S2/c1-12-5-8-16(11-17(12)18(20)25-3)27(23,24)19-13(2)14-6-9-15(10-7-14)26(4,21)22/h5-11,13,19H,1-4H3. The molecule has 0 saturated heterocycles. The Bertz CT molecular complexity index is 1060. The molecule has 1 unspecified atom stereocenters. The average Bonchev–Trinajstić information content (AvgIpc) is 2.60. The lowest BCUT2D eigenvalue weighted by molar-refractivity contribution is 0.0599. The van der Waals surface area contributed by atoms with E-state index in [1.54, 1.807) is 26.0 Å². The number of sulfonamides is 1.